The van der Waals surface area contributed by atoms with Crippen LogP contribution in [0.3, 0.4) is 0 Å². The first-order valence-corrected chi connectivity index (χ1v) is 6.65. The van der Waals surface area contributed by atoms with Crippen molar-refractivity contribution in [3.05, 3.63) is 35.9 Å². The minimum atomic E-state index is -0.723. The third kappa shape index (κ3) is 2.13. The summed E-state index contributed by atoms with van der Waals surface area (Å²) < 4.78 is 12.0. The Morgan fingerprint density at radius 2 is 1.93 bits per heavy atom. The lowest BCUT2D eigenvalue weighted by atomic mass is 10.0. The van der Waals surface area contributed by atoms with Crippen molar-refractivity contribution in [1.29, 1.82) is 0 Å². The molecule has 3 heteroatoms. The van der Waals surface area contributed by atoms with Crippen molar-refractivity contribution in [3.8, 4) is 0 Å². The van der Waals surface area contributed by atoms with E-state index < -0.39 is 10.8 Å². The van der Waals surface area contributed by atoms with Crippen LogP contribution >= 0.6 is 0 Å². The first kappa shape index (κ1) is 10.8. The predicted molar refractivity (Wildman–Crippen MR) is 64.3 cm³/mol. The van der Waals surface area contributed by atoms with Crippen LogP contribution in [0.4, 0.5) is 0 Å². The molecule has 1 saturated heterocycles. The quantitative estimate of drug-likeness (QED) is 0.787. The van der Waals surface area contributed by atoms with E-state index in [0.29, 0.717) is 0 Å². The molecule has 0 bridgehead atoms. The summed E-state index contributed by atoms with van der Waals surface area (Å²) in [5.41, 5.74) is 1.24. The van der Waals surface area contributed by atoms with Crippen molar-refractivity contribution in [1.82, 2.24) is 5.32 Å². The largest absolute Gasteiger partial charge is 0.308 e. The van der Waals surface area contributed by atoms with E-state index in [4.69, 9.17) is 0 Å². The van der Waals surface area contributed by atoms with Crippen LogP contribution in [-0.4, -0.2) is 21.3 Å². The van der Waals surface area contributed by atoms with Gasteiger partial charge >= 0.3 is 0 Å². The molecule has 0 spiro atoms. The topological polar surface area (TPSA) is 29.1 Å². The molecule has 1 fully saturated rings. The van der Waals surface area contributed by atoms with Crippen LogP contribution in [0.2, 0.25) is 0 Å². The van der Waals surface area contributed by atoms with Crippen LogP contribution in [0, 0.1) is 0 Å². The standard InChI is InChI=1S/C12H17NOS/c1-9-8-13-12(10(2)15(9)14)11-6-4-3-5-7-11/h3-7,9-10,12-13H,8H2,1-2H3. The molecule has 0 saturated carbocycles. The minimum absolute atomic E-state index is 0.191. The molecule has 0 amide bonds. The van der Waals surface area contributed by atoms with Gasteiger partial charge in [0.2, 0.25) is 0 Å². The lowest BCUT2D eigenvalue weighted by Crippen LogP contribution is -2.46. The van der Waals surface area contributed by atoms with Gasteiger partial charge in [0.15, 0.2) is 0 Å². The fourth-order valence-corrected chi connectivity index (χ4v) is 3.61. The Hall–Kier alpha value is -0.670. The zero-order valence-corrected chi connectivity index (χ0v) is 9.96. The Morgan fingerprint density at radius 3 is 2.60 bits per heavy atom. The first-order valence-electron chi connectivity index (χ1n) is 5.38. The monoisotopic (exact) mass is 223 g/mol. The lowest BCUT2D eigenvalue weighted by molar-refractivity contribution is 0.489. The molecule has 1 aliphatic heterocycles. The molecule has 2 nitrogen and oxygen atoms in total. The molecular formula is C12H17NOS. The summed E-state index contributed by atoms with van der Waals surface area (Å²) >= 11 is 0. The molecule has 0 aliphatic carbocycles. The van der Waals surface area contributed by atoms with Crippen LogP contribution in [0.15, 0.2) is 30.3 Å². The zero-order chi connectivity index (χ0) is 10.8. The molecular weight excluding hydrogens is 206 g/mol. The van der Waals surface area contributed by atoms with Gasteiger partial charge in [0.25, 0.3) is 0 Å². The zero-order valence-electron chi connectivity index (χ0n) is 9.14. The molecule has 1 N–H and O–H groups in total. The highest BCUT2D eigenvalue weighted by molar-refractivity contribution is 7.86. The van der Waals surface area contributed by atoms with E-state index in [9.17, 15) is 4.21 Å². The third-order valence-electron chi connectivity index (χ3n) is 3.02. The third-order valence-corrected chi connectivity index (χ3v) is 4.98. The van der Waals surface area contributed by atoms with E-state index in [1.807, 2.05) is 25.1 Å². The molecule has 4 atom stereocenters. The van der Waals surface area contributed by atoms with Crippen molar-refractivity contribution in [2.45, 2.75) is 30.4 Å². The molecule has 15 heavy (non-hydrogen) atoms. The highest BCUT2D eigenvalue weighted by Gasteiger charge is 2.31. The van der Waals surface area contributed by atoms with Gasteiger partial charge in [0.05, 0.1) is 5.25 Å². The highest BCUT2D eigenvalue weighted by Crippen LogP contribution is 2.25. The van der Waals surface area contributed by atoms with E-state index in [1.54, 1.807) is 0 Å². The summed E-state index contributed by atoms with van der Waals surface area (Å²) in [6.07, 6.45) is 0. The van der Waals surface area contributed by atoms with Gasteiger partial charge in [-0.15, -0.1) is 0 Å². The Morgan fingerprint density at radius 1 is 1.27 bits per heavy atom. The summed E-state index contributed by atoms with van der Waals surface area (Å²) in [5, 5.41) is 3.93. The maximum Gasteiger partial charge on any atom is 0.0517 e. The highest BCUT2D eigenvalue weighted by atomic mass is 32.2. The van der Waals surface area contributed by atoms with Crippen LogP contribution < -0.4 is 5.32 Å². The molecule has 4 unspecified atom stereocenters. The van der Waals surface area contributed by atoms with Crippen molar-refractivity contribution < 1.29 is 4.21 Å². The van der Waals surface area contributed by atoms with Crippen LogP contribution in [-0.2, 0) is 10.8 Å². The van der Waals surface area contributed by atoms with Crippen molar-refractivity contribution >= 4 is 10.8 Å². The summed E-state index contributed by atoms with van der Waals surface area (Å²) in [6.45, 7) is 4.95. The van der Waals surface area contributed by atoms with Gasteiger partial charge in [0.1, 0.15) is 0 Å². The first-order chi connectivity index (χ1) is 7.20. The molecule has 0 aromatic heterocycles. The van der Waals surface area contributed by atoms with Crippen LogP contribution in [0.5, 0.6) is 0 Å². The van der Waals surface area contributed by atoms with Crippen molar-refractivity contribution in [3.63, 3.8) is 0 Å². The Bertz CT molecular complexity index is 352. The van der Waals surface area contributed by atoms with E-state index in [-0.39, 0.29) is 16.5 Å². The summed E-state index contributed by atoms with van der Waals surface area (Å²) in [5.74, 6) is 0. The van der Waals surface area contributed by atoms with Gasteiger partial charge in [-0.3, -0.25) is 4.21 Å². The van der Waals surface area contributed by atoms with E-state index in [1.165, 1.54) is 5.56 Å². The summed E-state index contributed by atoms with van der Waals surface area (Å²) in [4.78, 5) is 0. The molecule has 1 aliphatic rings. The van der Waals surface area contributed by atoms with E-state index in [0.717, 1.165) is 6.54 Å². The maximum absolute atomic E-state index is 12.0. The van der Waals surface area contributed by atoms with Gasteiger partial charge in [-0.2, -0.15) is 0 Å². The SMILES string of the molecule is CC1CNC(c2ccccc2)C(C)S1=O. The second-order valence-corrected chi connectivity index (χ2v) is 6.35. The molecule has 1 aromatic carbocycles. The van der Waals surface area contributed by atoms with Gasteiger partial charge in [-0.05, 0) is 19.4 Å². The van der Waals surface area contributed by atoms with Gasteiger partial charge in [-0.1, -0.05) is 30.3 Å². The molecule has 82 valence electrons. The number of hydrogen-bond acceptors (Lipinski definition) is 2. The second kappa shape index (κ2) is 4.45. The molecule has 1 aromatic rings. The number of hydrogen-bond donors (Lipinski definition) is 1. The fraction of sp³-hybridized carbons (Fsp3) is 0.500. The average Bonchev–Trinajstić information content (AvgIpc) is 2.27. The smallest absolute Gasteiger partial charge is 0.0517 e. The summed E-state index contributed by atoms with van der Waals surface area (Å²) in [6, 6.07) is 10.5. The van der Waals surface area contributed by atoms with Crippen molar-refractivity contribution in [2.24, 2.45) is 0 Å². The summed E-state index contributed by atoms with van der Waals surface area (Å²) in [7, 11) is -0.723. The predicted octanol–water partition coefficient (Wildman–Crippen LogP) is 1.86. The second-order valence-electron chi connectivity index (χ2n) is 4.14. The van der Waals surface area contributed by atoms with Crippen molar-refractivity contribution in [2.75, 3.05) is 6.54 Å². The minimum Gasteiger partial charge on any atom is -0.308 e. The Labute approximate surface area is 93.5 Å². The fourth-order valence-electron chi connectivity index (χ4n) is 2.09. The van der Waals surface area contributed by atoms with Gasteiger partial charge in [0, 0.05) is 28.6 Å². The van der Waals surface area contributed by atoms with Gasteiger partial charge in [-0.25, -0.2) is 0 Å². The molecule has 1 heterocycles. The Kier molecular flexibility index (Phi) is 3.22. The molecule has 0 radical (unpaired) electrons. The van der Waals surface area contributed by atoms with Gasteiger partial charge < -0.3 is 5.32 Å². The van der Waals surface area contributed by atoms with Crippen LogP contribution in [0.25, 0.3) is 0 Å². The average molecular weight is 223 g/mol. The molecule has 2 rings (SSSR count). The van der Waals surface area contributed by atoms with Crippen LogP contribution in [0.1, 0.15) is 25.5 Å². The normalized spacial score (nSPS) is 36.4. The lowest BCUT2D eigenvalue weighted by Gasteiger charge is -2.33. The number of benzene rings is 1. The Balaban J connectivity index is 2.21. The van der Waals surface area contributed by atoms with E-state index in [2.05, 4.69) is 24.4 Å². The maximum atomic E-state index is 12.0. The number of rotatable bonds is 1. The van der Waals surface area contributed by atoms with E-state index >= 15 is 0 Å². The number of nitrogens with one attached hydrogen (secondary N) is 1.